The average molecular weight is 570 g/mol. The van der Waals surface area contributed by atoms with Crippen LogP contribution in [0.5, 0.6) is 0 Å². The minimum atomic E-state index is 0.283. The topological polar surface area (TPSA) is 31.8 Å². The second-order valence-corrected chi connectivity index (χ2v) is 10.6. The lowest BCUT2D eigenvalue weighted by Crippen LogP contribution is -2.38. The second kappa shape index (κ2) is 16.5. The van der Waals surface area contributed by atoms with Gasteiger partial charge in [-0.05, 0) is 44.7 Å². The molecule has 0 aromatic carbocycles. The maximum atomic E-state index is 3.85. The molecule has 2 rings (SSSR count). The molecule has 0 radical (unpaired) electrons. The van der Waals surface area contributed by atoms with Crippen molar-refractivity contribution in [2.24, 2.45) is 0 Å². The molecule has 0 bridgehead atoms. The van der Waals surface area contributed by atoms with Crippen LogP contribution in [0.1, 0.15) is 88.0 Å². The zero-order chi connectivity index (χ0) is 23.0. The third-order valence-electron chi connectivity index (χ3n) is 5.71. The van der Waals surface area contributed by atoms with Gasteiger partial charge in [-0.2, -0.15) is 9.13 Å². The first-order valence-electron chi connectivity index (χ1n) is 12.4. The molecule has 0 aliphatic heterocycles. The summed E-state index contributed by atoms with van der Waals surface area (Å²) in [6, 6.07) is 8.68. The Kier molecular flexibility index (Phi) is 14.0. The van der Waals surface area contributed by atoms with Crippen LogP contribution >= 0.6 is 31.9 Å². The van der Waals surface area contributed by atoms with E-state index < -0.39 is 0 Å². The third kappa shape index (κ3) is 10.7. The van der Waals surface area contributed by atoms with Gasteiger partial charge in [0.05, 0.1) is 0 Å². The molecule has 0 aliphatic carbocycles. The largest absolute Gasteiger partial charge is 0.385 e. The number of hydrogen-bond donors (Lipinski definition) is 2. The Morgan fingerprint density at radius 2 is 1.00 bits per heavy atom. The number of pyridine rings is 2. The van der Waals surface area contributed by atoms with E-state index >= 15 is 0 Å². The number of hydrogen-bond acceptors (Lipinski definition) is 2. The first-order chi connectivity index (χ1) is 15.6. The number of rotatable bonds is 17. The molecule has 0 fully saturated rings. The van der Waals surface area contributed by atoms with Crippen LogP contribution in [-0.2, 0) is 0 Å². The van der Waals surface area contributed by atoms with Crippen molar-refractivity contribution >= 4 is 43.2 Å². The molecule has 6 heteroatoms. The van der Waals surface area contributed by atoms with Crippen molar-refractivity contribution in [3.8, 4) is 0 Å². The van der Waals surface area contributed by atoms with E-state index in [9.17, 15) is 0 Å². The Balaban J connectivity index is 1.70. The molecule has 2 aromatic heterocycles. The molecule has 2 N–H and O–H groups in total. The molecule has 2 unspecified atom stereocenters. The van der Waals surface area contributed by atoms with E-state index in [1.165, 1.54) is 62.7 Å². The predicted molar refractivity (Wildman–Crippen MR) is 144 cm³/mol. The van der Waals surface area contributed by atoms with Crippen molar-refractivity contribution in [1.29, 1.82) is 0 Å². The fourth-order valence-electron chi connectivity index (χ4n) is 3.63. The molecule has 0 saturated carbocycles. The number of anilines is 2. The van der Waals surface area contributed by atoms with E-state index in [2.05, 4.69) is 115 Å². The number of nitrogens with one attached hydrogen (secondary N) is 2. The van der Waals surface area contributed by atoms with Gasteiger partial charge in [0.25, 0.3) is 0 Å². The summed E-state index contributed by atoms with van der Waals surface area (Å²) in [5.74, 6) is 0. The van der Waals surface area contributed by atoms with Gasteiger partial charge in [0.15, 0.2) is 24.8 Å². The molecule has 0 aliphatic rings. The Hall–Kier alpha value is -1.14. The predicted octanol–water partition coefficient (Wildman–Crippen LogP) is 7.51. The Morgan fingerprint density at radius 1 is 0.625 bits per heavy atom. The zero-order valence-electron chi connectivity index (χ0n) is 19.9. The van der Waals surface area contributed by atoms with Crippen LogP contribution in [0.3, 0.4) is 0 Å². The van der Waals surface area contributed by atoms with Crippen molar-refractivity contribution in [3.63, 3.8) is 0 Å². The number of halogens is 2. The van der Waals surface area contributed by atoms with Gasteiger partial charge in [-0.1, -0.05) is 52.4 Å². The lowest BCUT2D eigenvalue weighted by Gasteiger charge is -2.10. The zero-order valence-corrected chi connectivity index (χ0v) is 23.1. The van der Waals surface area contributed by atoms with E-state index in [1.807, 2.05) is 0 Å². The Labute approximate surface area is 212 Å². The van der Waals surface area contributed by atoms with Crippen LogP contribution in [-0.4, -0.2) is 13.1 Å². The first-order valence-corrected chi connectivity index (χ1v) is 14.2. The maximum absolute atomic E-state index is 3.85. The normalized spacial score (nSPS) is 13.0. The Bertz CT molecular complexity index is 658. The van der Waals surface area contributed by atoms with Crippen molar-refractivity contribution in [3.05, 3.63) is 49.1 Å². The summed E-state index contributed by atoms with van der Waals surface area (Å²) in [7, 11) is 0. The van der Waals surface area contributed by atoms with E-state index in [0.29, 0.717) is 0 Å². The number of unbranched alkanes of at least 4 members (excludes halogenated alkanes) is 6. The summed E-state index contributed by atoms with van der Waals surface area (Å²) < 4.78 is 4.47. The van der Waals surface area contributed by atoms with Crippen molar-refractivity contribution in [1.82, 2.24) is 0 Å². The second-order valence-electron chi connectivity index (χ2n) is 8.49. The van der Waals surface area contributed by atoms with E-state index in [0.717, 1.165) is 25.9 Å². The average Bonchev–Trinajstić information content (AvgIpc) is 2.83. The van der Waals surface area contributed by atoms with Crippen LogP contribution < -0.4 is 19.8 Å². The fraction of sp³-hybridized carbons (Fsp3) is 0.615. The monoisotopic (exact) mass is 568 g/mol. The van der Waals surface area contributed by atoms with E-state index in [1.54, 1.807) is 0 Å². The van der Waals surface area contributed by atoms with Gasteiger partial charge in [0.1, 0.15) is 0 Å². The molecular weight excluding hydrogens is 528 g/mol. The van der Waals surface area contributed by atoms with Gasteiger partial charge in [-0.3, -0.25) is 0 Å². The minimum Gasteiger partial charge on any atom is -0.385 e. The molecule has 178 valence electrons. The molecule has 2 aromatic rings. The lowest BCUT2D eigenvalue weighted by atomic mass is 10.2. The van der Waals surface area contributed by atoms with Gasteiger partial charge in [0.2, 0.25) is 9.90 Å². The number of nitrogens with zero attached hydrogens (tertiary/aromatic N) is 2. The molecule has 0 spiro atoms. The maximum Gasteiger partial charge on any atom is 0.212 e. The summed E-state index contributed by atoms with van der Waals surface area (Å²) in [5.41, 5.74) is 2.40. The van der Waals surface area contributed by atoms with E-state index in [-0.39, 0.29) is 9.90 Å². The smallest absolute Gasteiger partial charge is 0.212 e. The highest BCUT2D eigenvalue weighted by molar-refractivity contribution is 9.09. The SMILES string of the molecule is CCCCCCNc1cc[n+](C(Br)CCC(Br)[n+]2ccc(NCCCCCC)cc2)cc1. The highest BCUT2D eigenvalue weighted by Crippen LogP contribution is 2.22. The fourth-order valence-corrected chi connectivity index (χ4v) is 4.70. The first kappa shape index (κ1) is 27.1. The van der Waals surface area contributed by atoms with Crippen molar-refractivity contribution in [2.45, 2.75) is 88.0 Å². The van der Waals surface area contributed by atoms with Crippen LogP contribution in [0.25, 0.3) is 0 Å². The van der Waals surface area contributed by atoms with Gasteiger partial charge < -0.3 is 10.6 Å². The lowest BCUT2D eigenvalue weighted by molar-refractivity contribution is -0.709. The standard InChI is InChI=1S/C26H40Br2N4/c1-3-5-7-9-17-29-23-13-19-31(20-14-23)25(27)11-12-26(28)32-21-15-24(16-22-32)30-18-10-8-6-4-2/h13-16,19-22,25-26H,3-12,17-18H2,1-2H3/p+2. The number of aromatic nitrogens is 2. The minimum absolute atomic E-state index is 0.283. The molecule has 0 amide bonds. The Morgan fingerprint density at radius 3 is 1.34 bits per heavy atom. The summed E-state index contributed by atoms with van der Waals surface area (Å²) in [6.07, 6.45) is 21.0. The molecule has 2 heterocycles. The molecule has 0 saturated heterocycles. The summed E-state index contributed by atoms with van der Waals surface area (Å²) in [4.78, 5) is 0.566. The summed E-state index contributed by atoms with van der Waals surface area (Å²) >= 11 is 7.71. The molecule has 32 heavy (non-hydrogen) atoms. The van der Waals surface area contributed by atoms with Gasteiger partial charge in [-0.15, -0.1) is 0 Å². The quantitative estimate of drug-likeness (QED) is 0.117. The van der Waals surface area contributed by atoms with Gasteiger partial charge in [-0.25, -0.2) is 0 Å². The van der Waals surface area contributed by atoms with Crippen LogP contribution in [0.2, 0.25) is 0 Å². The van der Waals surface area contributed by atoms with Crippen molar-refractivity contribution < 1.29 is 9.13 Å². The van der Waals surface area contributed by atoms with Crippen LogP contribution in [0.15, 0.2) is 49.1 Å². The van der Waals surface area contributed by atoms with E-state index in [4.69, 9.17) is 0 Å². The highest BCUT2D eigenvalue weighted by atomic mass is 79.9. The molecular formula is C26H42Br2N4+2. The van der Waals surface area contributed by atoms with Crippen LogP contribution in [0.4, 0.5) is 11.4 Å². The summed E-state index contributed by atoms with van der Waals surface area (Å²) in [5, 5.41) is 7.05. The molecule has 4 nitrogen and oxygen atoms in total. The van der Waals surface area contributed by atoms with Gasteiger partial charge in [0, 0.05) is 61.6 Å². The third-order valence-corrected chi connectivity index (χ3v) is 7.58. The van der Waals surface area contributed by atoms with Gasteiger partial charge >= 0.3 is 0 Å². The number of alkyl halides is 2. The van der Waals surface area contributed by atoms with Crippen LogP contribution in [0, 0.1) is 0 Å². The van der Waals surface area contributed by atoms with Crippen molar-refractivity contribution in [2.75, 3.05) is 23.7 Å². The molecule has 2 atom stereocenters. The summed E-state index contributed by atoms with van der Waals surface area (Å²) in [6.45, 7) is 6.61. The highest BCUT2D eigenvalue weighted by Gasteiger charge is 2.20.